The van der Waals surface area contributed by atoms with Gasteiger partial charge >= 0.3 is 18.2 Å². The molecule has 0 rings (SSSR count). The third-order valence-corrected chi connectivity index (χ3v) is 1.80. The van der Waals surface area contributed by atoms with Crippen LogP contribution in [0, 0.1) is 5.92 Å². The van der Waals surface area contributed by atoms with Crippen molar-refractivity contribution in [3.8, 4) is 0 Å². The number of hydrogen-bond acceptors (Lipinski definition) is 2. The lowest BCUT2D eigenvalue weighted by Gasteiger charge is -2.12. The van der Waals surface area contributed by atoms with Crippen molar-refractivity contribution in [3.05, 3.63) is 0 Å². The molecule has 0 bridgehead atoms. The fourth-order valence-corrected chi connectivity index (χ4v) is 0.865. The molecule has 1 atom stereocenters. The zero-order valence-electron chi connectivity index (χ0n) is 8.60. The fourth-order valence-electron chi connectivity index (χ4n) is 0.865. The fraction of sp³-hybridized carbons (Fsp3) is 0.750. The van der Waals surface area contributed by atoms with Gasteiger partial charge in [-0.2, -0.15) is 13.2 Å². The van der Waals surface area contributed by atoms with E-state index in [1.165, 1.54) is 0 Å². The van der Waals surface area contributed by atoms with Gasteiger partial charge in [0.25, 0.3) is 0 Å². The SMILES string of the molecule is CCC(CNC(=O)NCC(F)(F)F)C(=O)O. The molecule has 0 aromatic carbocycles. The molecule has 0 saturated heterocycles. The second-order valence-electron chi connectivity index (χ2n) is 3.12. The molecule has 0 fully saturated rings. The summed E-state index contributed by atoms with van der Waals surface area (Å²) in [5.41, 5.74) is 0. The Labute approximate surface area is 90.0 Å². The summed E-state index contributed by atoms with van der Waals surface area (Å²) in [7, 11) is 0. The molecule has 0 radical (unpaired) electrons. The molecular weight excluding hydrogens is 229 g/mol. The number of nitrogens with one attached hydrogen (secondary N) is 2. The van der Waals surface area contributed by atoms with E-state index >= 15 is 0 Å². The van der Waals surface area contributed by atoms with Crippen LogP contribution < -0.4 is 10.6 Å². The molecular formula is C8H13F3N2O3. The quantitative estimate of drug-likeness (QED) is 0.671. The van der Waals surface area contributed by atoms with Crippen molar-refractivity contribution < 1.29 is 27.9 Å². The molecule has 0 aliphatic carbocycles. The molecule has 0 aromatic rings. The number of carboxylic acid groups (broad SMARTS) is 1. The molecule has 1 unspecified atom stereocenters. The van der Waals surface area contributed by atoms with Crippen molar-refractivity contribution in [1.29, 1.82) is 0 Å². The molecule has 0 aliphatic heterocycles. The van der Waals surface area contributed by atoms with Gasteiger partial charge in [0, 0.05) is 6.54 Å². The summed E-state index contributed by atoms with van der Waals surface area (Å²) in [6.07, 6.45) is -4.19. The summed E-state index contributed by atoms with van der Waals surface area (Å²) in [4.78, 5) is 21.3. The van der Waals surface area contributed by atoms with Crippen LogP contribution in [0.5, 0.6) is 0 Å². The van der Waals surface area contributed by atoms with Crippen LogP contribution in [-0.2, 0) is 4.79 Å². The maximum absolute atomic E-state index is 11.7. The predicted molar refractivity (Wildman–Crippen MR) is 48.9 cm³/mol. The van der Waals surface area contributed by atoms with Crippen molar-refractivity contribution >= 4 is 12.0 Å². The topological polar surface area (TPSA) is 78.4 Å². The largest absolute Gasteiger partial charge is 0.481 e. The Morgan fingerprint density at radius 1 is 1.31 bits per heavy atom. The van der Waals surface area contributed by atoms with Gasteiger partial charge in [-0.25, -0.2) is 4.79 Å². The minimum Gasteiger partial charge on any atom is -0.481 e. The molecule has 0 aliphatic rings. The molecule has 94 valence electrons. The lowest BCUT2D eigenvalue weighted by molar-refractivity contribution is -0.141. The van der Waals surface area contributed by atoms with Gasteiger partial charge in [-0.15, -0.1) is 0 Å². The lowest BCUT2D eigenvalue weighted by Crippen LogP contribution is -2.43. The van der Waals surface area contributed by atoms with Gasteiger partial charge in [0.05, 0.1) is 5.92 Å². The van der Waals surface area contributed by atoms with Crippen molar-refractivity contribution in [2.45, 2.75) is 19.5 Å². The molecule has 3 N–H and O–H groups in total. The first-order valence-electron chi connectivity index (χ1n) is 4.57. The van der Waals surface area contributed by atoms with Crippen molar-refractivity contribution in [3.63, 3.8) is 0 Å². The van der Waals surface area contributed by atoms with E-state index in [1.807, 2.05) is 0 Å². The number of alkyl halides is 3. The Balaban J connectivity index is 3.85. The number of carbonyl (C=O) groups excluding carboxylic acids is 1. The average Bonchev–Trinajstić information content (AvgIpc) is 2.14. The third-order valence-electron chi connectivity index (χ3n) is 1.80. The Morgan fingerprint density at radius 2 is 1.88 bits per heavy atom. The molecule has 0 heterocycles. The highest BCUT2D eigenvalue weighted by Gasteiger charge is 2.27. The number of halogens is 3. The van der Waals surface area contributed by atoms with E-state index in [4.69, 9.17) is 5.11 Å². The van der Waals surface area contributed by atoms with Gasteiger partial charge in [0.1, 0.15) is 6.54 Å². The maximum atomic E-state index is 11.7. The molecule has 0 spiro atoms. The van der Waals surface area contributed by atoms with Crippen LogP contribution in [0.3, 0.4) is 0 Å². The number of carboxylic acids is 1. The minimum absolute atomic E-state index is 0.199. The maximum Gasteiger partial charge on any atom is 0.405 e. The summed E-state index contributed by atoms with van der Waals surface area (Å²) in [6.45, 7) is -0.0354. The molecule has 0 saturated carbocycles. The van der Waals surface area contributed by atoms with Gasteiger partial charge in [-0.3, -0.25) is 4.79 Å². The van der Waals surface area contributed by atoms with E-state index in [9.17, 15) is 22.8 Å². The first-order chi connectivity index (χ1) is 7.26. The first-order valence-corrected chi connectivity index (χ1v) is 4.57. The van der Waals surface area contributed by atoms with E-state index < -0.39 is 30.6 Å². The molecule has 16 heavy (non-hydrogen) atoms. The van der Waals surface area contributed by atoms with E-state index in [0.717, 1.165) is 0 Å². The third kappa shape index (κ3) is 6.91. The van der Waals surface area contributed by atoms with E-state index in [0.29, 0.717) is 0 Å². The molecule has 8 heteroatoms. The predicted octanol–water partition coefficient (Wildman–Crippen LogP) is 0.959. The highest BCUT2D eigenvalue weighted by Crippen LogP contribution is 2.11. The van der Waals surface area contributed by atoms with Crippen LogP contribution in [0.4, 0.5) is 18.0 Å². The first kappa shape index (κ1) is 14.5. The van der Waals surface area contributed by atoms with E-state index in [1.54, 1.807) is 12.2 Å². The number of amides is 2. The zero-order valence-corrected chi connectivity index (χ0v) is 8.60. The van der Waals surface area contributed by atoms with E-state index in [2.05, 4.69) is 5.32 Å². The summed E-state index contributed by atoms with van der Waals surface area (Å²) >= 11 is 0. The van der Waals surface area contributed by atoms with Gasteiger partial charge in [-0.1, -0.05) is 6.92 Å². The smallest absolute Gasteiger partial charge is 0.405 e. The number of hydrogen-bond donors (Lipinski definition) is 3. The monoisotopic (exact) mass is 242 g/mol. The number of rotatable bonds is 5. The zero-order chi connectivity index (χ0) is 12.8. The van der Waals surface area contributed by atoms with Crippen LogP contribution in [0.25, 0.3) is 0 Å². The highest BCUT2D eigenvalue weighted by atomic mass is 19.4. The van der Waals surface area contributed by atoms with Crippen molar-refractivity contribution in [2.75, 3.05) is 13.1 Å². The molecule has 0 aromatic heterocycles. The van der Waals surface area contributed by atoms with Crippen LogP contribution in [0.15, 0.2) is 0 Å². The van der Waals surface area contributed by atoms with Crippen LogP contribution >= 0.6 is 0 Å². The molecule has 2 amide bonds. The number of carbonyl (C=O) groups is 2. The van der Waals surface area contributed by atoms with Gasteiger partial charge in [-0.05, 0) is 6.42 Å². The van der Waals surface area contributed by atoms with Crippen LogP contribution in [-0.4, -0.2) is 36.4 Å². The molecule has 5 nitrogen and oxygen atoms in total. The van der Waals surface area contributed by atoms with Gasteiger partial charge in [0.15, 0.2) is 0 Å². The average molecular weight is 242 g/mol. The lowest BCUT2D eigenvalue weighted by atomic mass is 10.1. The Kier molecular flexibility index (Phi) is 5.62. The standard InChI is InChI=1S/C8H13F3N2O3/c1-2-5(6(14)15)3-12-7(16)13-4-8(9,10)11/h5H,2-4H2,1H3,(H,14,15)(H2,12,13,16). The van der Waals surface area contributed by atoms with Crippen LogP contribution in [0.1, 0.15) is 13.3 Å². The summed E-state index contributed by atoms with van der Waals surface area (Å²) in [5.74, 6) is -1.89. The normalized spacial score (nSPS) is 13.0. The van der Waals surface area contributed by atoms with Crippen molar-refractivity contribution in [1.82, 2.24) is 10.6 Å². The van der Waals surface area contributed by atoms with Crippen LogP contribution in [0.2, 0.25) is 0 Å². The summed E-state index contributed by atoms with van der Waals surface area (Å²) in [5, 5.41) is 12.2. The van der Waals surface area contributed by atoms with E-state index in [-0.39, 0.29) is 13.0 Å². The Hall–Kier alpha value is -1.47. The van der Waals surface area contributed by atoms with Gasteiger partial charge in [0.2, 0.25) is 0 Å². The Bertz CT molecular complexity index is 255. The summed E-state index contributed by atoms with van der Waals surface area (Å²) < 4.78 is 35.0. The summed E-state index contributed by atoms with van der Waals surface area (Å²) in [6, 6.07) is -1.03. The van der Waals surface area contributed by atoms with Crippen molar-refractivity contribution in [2.24, 2.45) is 5.92 Å². The number of aliphatic carboxylic acids is 1. The Morgan fingerprint density at radius 3 is 2.25 bits per heavy atom. The van der Waals surface area contributed by atoms with Gasteiger partial charge < -0.3 is 15.7 Å². The minimum atomic E-state index is -4.48. The highest BCUT2D eigenvalue weighted by molar-refractivity contribution is 5.75. The second kappa shape index (κ2) is 6.19. The second-order valence-corrected chi connectivity index (χ2v) is 3.12. The number of urea groups is 1.